The summed E-state index contributed by atoms with van der Waals surface area (Å²) in [7, 11) is 0.727. The first kappa shape index (κ1) is 14.5. The van der Waals surface area contributed by atoms with Crippen molar-refractivity contribution in [2.24, 2.45) is 7.05 Å². The maximum Gasteiger partial charge on any atom is 0.260 e. The molecule has 102 valence electrons. The van der Waals surface area contributed by atoms with E-state index in [0.29, 0.717) is 0 Å². The van der Waals surface area contributed by atoms with Gasteiger partial charge in [-0.15, -0.1) is 0 Å². The highest BCUT2D eigenvalue weighted by Gasteiger charge is 2.27. The Bertz CT molecular complexity index is 529. The summed E-state index contributed by atoms with van der Waals surface area (Å²) in [6, 6.07) is -0.876. The van der Waals surface area contributed by atoms with E-state index < -0.39 is 16.1 Å². The number of nitrogen functional groups attached to an aromatic ring is 1. The van der Waals surface area contributed by atoms with Gasteiger partial charge >= 0.3 is 0 Å². The van der Waals surface area contributed by atoms with Gasteiger partial charge in [-0.1, -0.05) is 0 Å². The van der Waals surface area contributed by atoms with Crippen LogP contribution in [0, 0.1) is 0 Å². The molecule has 18 heavy (non-hydrogen) atoms. The molecule has 0 aliphatic heterocycles. The molecule has 8 nitrogen and oxygen atoms in total. The normalized spacial score (nSPS) is 13.3. The summed E-state index contributed by atoms with van der Waals surface area (Å²) < 4.78 is 27.6. The SMILES string of the molecule is CC(NS(=O)(=O)c1c(N)ncn1C)C(=O)N(C)C. The average molecular weight is 275 g/mol. The number of likely N-dealkylation sites (N-methyl/N-ethyl adjacent to an activating group) is 1. The molecule has 0 spiro atoms. The summed E-state index contributed by atoms with van der Waals surface area (Å²) in [4.78, 5) is 16.6. The van der Waals surface area contributed by atoms with Crippen LogP contribution in [-0.2, 0) is 21.9 Å². The molecule has 1 rings (SSSR count). The lowest BCUT2D eigenvalue weighted by atomic mass is 10.3. The van der Waals surface area contributed by atoms with Crippen LogP contribution >= 0.6 is 0 Å². The van der Waals surface area contributed by atoms with Crippen LogP contribution in [0.3, 0.4) is 0 Å². The summed E-state index contributed by atoms with van der Waals surface area (Å²) in [6.07, 6.45) is 1.29. The van der Waals surface area contributed by atoms with Crippen molar-refractivity contribution in [2.75, 3.05) is 19.8 Å². The molecule has 0 aromatic carbocycles. The van der Waals surface area contributed by atoms with Gasteiger partial charge in [-0.25, -0.2) is 13.4 Å². The van der Waals surface area contributed by atoms with Crippen LogP contribution in [0.2, 0.25) is 0 Å². The Hall–Kier alpha value is -1.61. The van der Waals surface area contributed by atoms with Gasteiger partial charge in [0.15, 0.2) is 10.8 Å². The predicted octanol–water partition coefficient (Wildman–Crippen LogP) is -1.24. The molecule has 0 fully saturated rings. The van der Waals surface area contributed by atoms with Crippen molar-refractivity contribution in [1.29, 1.82) is 0 Å². The number of nitrogens with two attached hydrogens (primary N) is 1. The zero-order chi connectivity index (χ0) is 14.1. The number of rotatable bonds is 4. The van der Waals surface area contributed by atoms with Gasteiger partial charge in [0, 0.05) is 21.1 Å². The number of hydrogen-bond donors (Lipinski definition) is 2. The van der Waals surface area contributed by atoms with Crippen LogP contribution in [0.1, 0.15) is 6.92 Å². The van der Waals surface area contributed by atoms with Crippen molar-refractivity contribution in [3.63, 3.8) is 0 Å². The van der Waals surface area contributed by atoms with Gasteiger partial charge in [-0.05, 0) is 6.92 Å². The second kappa shape index (κ2) is 4.94. The Morgan fingerprint density at radius 3 is 2.50 bits per heavy atom. The summed E-state index contributed by atoms with van der Waals surface area (Å²) in [5.41, 5.74) is 5.49. The maximum atomic E-state index is 12.0. The number of hydrogen-bond acceptors (Lipinski definition) is 5. The third kappa shape index (κ3) is 2.79. The first-order valence-corrected chi connectivity index (χ1v) is 6.65. The van der Waals surface area contributed by atoms with Gasteiger partial charge in [-0.3, -0.25) is 4.79 Å². The van der Waals surface area contributed by atoms with Crippen LogP contribution in [0.4, 0.5) is 5.82 Å². The van der Waals surface area contributed by atoms with Crippen LogP contribution in [0.15, 0.2) is 11.4 Å². The molecule has 0 saturated heterocycles. The fraction of sp³-hybridized carbons (Fsp3) is 0.556. The number of nitrogens with zero attached hydrogens (tertiary/aromatic N) is 3. The van der Waals surface area contributed by atoms with E-state index in [1.807, 2.05) is 0 Å². The van der Waals surface area contributed by atoms with Crippen LogP contribution in [-0.4, -0.2) is 48.9 Å². The van der Waals surface area contributed by atoms with Gasteiger partial charge in [0.2, 0.25) is 5.91 Å². The number of aryl methyl sites for hydroxylation is 1. The molecule has 1 amide bonds. The third-order valence-corrected chi connectivity index (χ3v) is 3.98. The highest BCUT2D eigenvalue weighted by atomic mass is 32.2. The van der Waals surface area contributed by atoms with Gasteiger partial charge in [-0.2, -0.15) is 4.72 Å². The van der Waals surface area contributed by atoms with E-state index in [9.17, 15) is 13.2 Å². The Morgan fingerprint density at radius 2 is 2.11 bits per heavy atom. The molecule has 1 heterocycles. The molecule has 9 heteroatoms. The largest absolute Gasteiger partial charge is 0.381 e. The van der Waals surface area contributed by atoms with Crippen molar-refractivity contribution in [1.82, 2.24) is 19.2 Å². The van der Waals surface area contributed by atoms with E-state index >= 15 is 0 Å². The molecular formula is C9H17N5O3S. The lowest BCUT2D eigenvalue weighted by molar-refractivity contribution is -0.130. The topological polar surface area (TPSA) is 110 Å². The van der Waals surface area contributed by atoms with E-state index in [1.165, 1.54) is 29.8 Å². The minimum absolute atomic E-state index is 0.102. The molecule has 0 saturated carbocycles. The molecule has 1 unspecified atom stereocenters. The Morgan fingerprint density at radius 1 is 1.56 bits per heavy atom. The Kier molecular flexibility index (Phi) is 3.97. The van der Waals surface area contributed by atoms with E-state index in [1.54, 1.807) is 14.1 Å². The van der Waals surface area contributed by atoms with Crippen molar-refractivity contribution < 1.29 is 13.2 Å². The fourth-order valence-electron chi connectivity index (χ4n) is 1.49. The summed E-state index contributed by atoms with van der Waals surface area (Å²) >= 11 is 0. The summed E-state index contributed by atoms with van der Waals surface area (Å²) in [6.45, 7) is 1.46. The van der Waals surface area contributed by atoms with Crippen LogP contribution in [0.5, 0.6) is 0 Å². The fourth-order valence-corrected chi connectivity index (χ4v) is 2.92. The predicted molar refractivity (Wildman–Crippen MR) is 66.1 cm³/mol. The number of amides is 1. The first-order valence-electron chi connectivity index (χ1n) is 5.17. The molecule has 0 aliphatic carbocycles. The lowest BCUT2D eigenvalue weighted by Gasteiger charge is -2.18. The first-order chi connectivity index (χ1) is 8.16. The zero-order valence-electron chi connectivity index (χ0n) is 10.7. The van der Waals surface area contributed by atoms with Crippen molar-refractivity contribution in [3.8, 4) is 0 Å². The van der Waals surface area contributed by atoms with E-state index in [-0.39, 0.29) is 16.8 Å². The Labute approximate surface area is 106 Å². The summed E-state index contributed by atoms with van der Waals surface area (Å²) in [5.74, 6) is -0.450. The Balaban J connectivity index is 3.00. The molecule has 0 aliphatic rings. The maximum absolute atomic E-state index is 12.0. The van der Waals surface area contributed by atoms with Gasteiger partial charge in [0.1, 0.15) is 0 Å². The smallest absolute Gasteiger partial charge is 0.260 e. The number of imidazole rings is 1. The van der Waals surface area contributed by atoms with Crippen molar-refractivity contribution in [2.45, 2.75) is 18.0 Å². The number of nitrogens with one attached hydrogen (secondary N) is 1. The second-order valence-electron chi connectivity index (χ2n) is 4.12. The number of carbonyl (C=O) groups is 1. The number of carbonyl (C=O) groups excluding carboxylic acids is 1. The lowest BCUT2D eigenvalue weighted by Crippen LogP contribution is -2.44. The third-order valence-electron chi connectivity index (χ3n) is 2.31. The minimum Gasteiger partial charge on any atom is -0.381 e. The van der Waals surface area contributed by atoms with Gasteiger partial charge in [0.25, 0.3) is 10.0 Å². The van der Waals surface area contributed by atoms with E-state index in [2.05, 4.69) is 9.71 Å². The monoisotopic (exact) mass is 275 g/mol. The highest BCUT2D eigenvalue weighted by molar-refractivity contribution is 7.89. The highest BCUT2D eigenvalue weighted by Crippen LogP contribution is 2.15. The quantitative estimate of drug-likeness (QED) is 0.714. The number of sulfonamides is 1. The molecule has 1 aromatic rings. The van der Waals surface area contributed by atoms with Crippen molar-refractivity contribution >= 4 is 21.7 Å². The van der Waals surface area contributed by atoms with Crippen LogP contribution in [0.25, 0.3) is 0 Å². The average Bonchev–Trinajstić information content (AvgIpc) is 2.56. The summed E-state index contributed by atoms with van der Waals surface area (Å²) in [5, 5.41) is -0.152. The van der Waals surface area contributed by atoms with Gasteiger partial charge < -0.3 is 15.2 Å². The molecule has 1 aromatic heterocycles. The minimum atomic E-state index is -3.88. The standard InChI is InChI=1S/C9H17N5O3S/c1-6(8(15)13(2)3)12-18(16,17)9-7(10)11-5-14(9)4/h5-6,12H,10H2,1-4H3. The molecule has 3 N–H and O–H groups in total. The van der Waals surface area contributed by atoms with Crippen molar-refractivity contribution in [3.05, 3.63) is 6.33 Å². The molecule has 0 radical (unpaired) electrons. The second-order valence-corrected chi connectivity index (χ2v) is 5.75. The molecule has 1 atom stereocenters. The van der Waals surface area contributed by atoms with Crippen LogP contribution < -0.4 is 10.5 Å². The van der Waals surface area contributed by atoms with Gasteiger partial charge in [0.05, 0.1) is 12.4 Å². The van der Waals surface area contributed by atoms with E-state index in [0.717, 1.165) is 0 Å². The number of aromatic nitrogens is 2. The molecular weight excluding hydrogens is 258 g/mol. The molecule has 0 bridgehead atoms. The van der Waals surface area contributed by atoms with E-state index in [4.69, 9.17) is 5.73 Å². The number of anilines is 1. The zero-order valence-corrected chi connectivity index (χ0v) is 11.5.